The Bertz CT molecular complexity index is 883. The molecular formula is C19H16N+. The predicted molar refractivity (Wildman–Crippen MR) is 81.3 cm³/mol. The van der Waals surface area contributed by atoms with Gasteiger partial charge in [0.05, 0.1) is 5.56 Å². The maximum absolute atomic E-state index is 7.93. The molecule has 4 rings (SSSR count). The molecule has 1 heteroatoms. The smallest absolute Gasteiger partial charge is 0.193 e. The fourth-order valence-electron chi connectivity index (χ4n) is 2.89. The predicted octanol–water partition coefficient (Wildman–Crippen LogP) is 3.98. The van der Waals surface area contributed by atoms with Crippen molar-refractivity contribution in [3.63, 3.8) is 0 Å². The lowest BCUT2D eigenvalue weighted by molar-refractivity contribution is -0.671. The molecule has 0 N–H and O–H groups in total. The van der Waals surface area contributed by atoms with Crippen LogP contribution in [0.2, 0.25) is 0 Å². The maximum Gasteiger partial charge on any atom is 0.213 e. The van der Waals surface area contributed by atoms with Gasteiger partial charge in [-0.3, -0.25) is 0 Å². The highest BCUT2D eigenvalue weighted by Gasteiger charge is 2.26. The minimum Gasteiger partial charge on any atom is -0.193 e. The van der Waals surface area contributed by atoms with Gasteiger partial charge < -0.3 is 0 Å². The summed E-state index contributed by atoms with van der Waals surface area (Å²) >= 11 is 0. The maximum atomic E-state index is 7.93. The Morgan fingerprint density at radius 3 is 2.60 bits per heavy atom. The normalized spacial score (nSPS) is 14.9. The van der Waals surface area contributed by atoms with Gasteiger partial charge in [-0.25, -0.2) is 0 Å². The van der Waals surface area contributed by atoms with E-state index in [1.54, 1.807) is 0 Å². The van der Waals surface area contributed by atoms with E-state index in [1.165, 1.54) is 5.56 Å². The molecule has 96 valence electrons. The zero-order valence-corrected chi connectivity index (χ0v) is 11.0. The number of hydrogen-bond donors (Lipinski definition) is 0. The first-order valence-corrected chi connectivity index (χ1v) is 6.76. The minimum absolute atomic E-state index is 0.409. The Balaban J connectivity index is 1.98. The second kappa shape index (κ2) is 4.31. The third kappa shape index (κ3) is 1.67. The summed E-state index contributed by atoms with van der Waals surface area (Å²) in [4.78, 5) is 0. The molecule has 0 bridgehead atoms. The number of hydrogen-bond acceptors (Lipinski definition) is 0. The standard InChI is InChI=1S/C19H16N/c1-14-11-19-17-10-6-5-9-16(17)12-20(19)13-18(14)15-7-3-2-4-8-15/h2-11,13H,12H2,1H3/q+1/i1D3. The molecule has 0 spiro atoms. The lowest BCUT2D eigenvalue weighted by atomic mass is 10.0. The van der Waals surface area contributed by atoms with E-state index in [9.17, 15) is 0 Å². The highest BCUT2D eigenvalue weighted by atomic mass is 15.0. The summed E-state index contributed by atoms with van der Waals surface area (Å²) in [5.74, 6) is 0. The van der Waals surface area contributed by atoms with E-state index in [1.807, 2.05) is 54.7 Å². The third-order valence-electron chi connectivity index (χ3n) is 3.88. The Kier molecular flexibility index (Phi) is 1.87. The third-order valence-corrected chi connectivity index (χ3v) is 3.88. The van der Waals surface area contributed by atoms with E-state index in [4.69, 9.17) is 4.11 Å². The minimum atomic E-state index is -2.14. The number of benzene rings is 2. The second-order valence-corrected chi connectivity index (χ2v) is 5.14. The lowest BCUT2D eigenvalue weighted by Gasteiger charge is -2.05. The van der Waals surface area contributed by atoms with Crippen molar-refractivity contribution in [3.05, 3.63) is 78.0 Å². The van der Waals surface area contributed by atoms with Crippen molar-refractivity contribution in [2.75, 3.05) is 0 Å². The van der Waals surface area contributed by atoms with Gasteiger partial charge in [0.1, 0.15) is 0 Å². The van der Waals surface area contributed by atoms with Gasteiger partial charge in [-0.2, -0.15) is 4.57 Å². The van der Waals surface area contributed by atoms with Gasteiger partial charge in [0.25, 0.3) is 0 Å². The SMILES string of the molecule is [2H]C([2H])([2H])c1cc2[n+](cc1-c1ccccc1)Cc1ccccc1-2. The molecule has 1 aliphatic heterocycles. The van der Waals surface area contributed by atoms with Crippen LogP contribution in [0.25, 0.3) is 22.4 Å². The molecule has 3 aromatic rings. The largest absolute Gasteiger partial charge is 0.213 e. The van der Waals surface area contributed by atoms with Crippen molar-refractivity contribution in [1.82, 2.24) is 0 Å². The van der Waals surface area contributed by atoms with Crippen LogP contribution >= 0.6 is 0 Å². The summed E-state index contributed by atoms with van der Waals surface area (Å²) in [7, 11) is 0. The van der Waals surface area contributed by atoms with Crippen molar-refractivity contribution >= 4 is 0 Å². The number of nitrogens with zero attached hydrogens (tertiary/aromatic N) is 1. The average molecular weight is 261 g/mol. The van der Waals surface area contributed by atoms with Crippen LogP contribution in [-0.4, -0.2) is 0 Å². The van der Waals surface area contributed by atoms with Crippen LogP contribution in [0.15, 0.2) is 66.9 Å². The van der Waals surface area contributed by atoms with Crippen molar-refractivity contribution in [2.45, 2.75) is 13.4 Å². The molecule has 0 amide bonds. The van der Waals surface area contributed by atoms with Crippen LogP contribution in [0, 0.1) is 6.85 Å². The van der Waals surface area contributed by atoms with Crippen LogP contribution in [0.5, 0.6) is 0 Å². The van der Waals surface area contributed by atoms with Crippen LogP contribution < -0.4 is 4.57 Å². The zero-order chi connectivity index (χ0) is 16.0. The average Bonchev–Trinajstić information content (AvgIpc) is 2.91. The van der Waals surface area contributed by atoms with E-state index in [-0.39, 0.29) is 0 Å². The Labute approximate surface area is 123 Å². The quantitative estimate of drug-likeness (QED) is 0.456. The Morgan fingerprint density at radius 1 is 0.950 bits per heavy atom. The molecule has 0 saturated carbocycles. The van der Waals surface area contributed by atoms with Crippen molar-refractivity contribution in [3.8, 4) is 22.4 Å². The number of aromatic nitrogens is 1. The molecule has 20 heavy (non-hydrogen) atoms. The summed E-state index contributed by atoms with van der Waals surface area (Å²) in [6.07, 6.45) is 1.98. The zero-order valence-electron chi connectivity index (χ0n) is 14.0. The molecule has 0 atom stereocenters. The molecular weight excluding hydrogens is 242 g/mol. The number of aryl methyl sites for hydroxylation is 1. The summed E-state index contributed by atoms with van der Waals surface area (Å²) < 4.78 is 25.9. The van der Waals surface area contributed by atoms with E-state index in [0.717, 1.165) is 28.9 Å². The van der Waals surface area contributed by atoms with E-state index >= 15 is 0 Å². The number of fused-ring (bicyclic) bond motifs is 3. The first kappa shape index (κ1) is 8.70. The fourth-order valence-corrected chi connectivity index (χ4v) is 2.89. The van der Waals surface area contributed by atoms with Gasteiger partial charge >= 0.3 is 0 Å². The summed E-state index contributed by atoms with van der Waals surface area (Å²) in [6.45, 7) is -1.36. The first-order valence-electron chi connectivity index (χ1n) is 8.26. The van der Waals surface area contributed by atoms with Crippen LogP contribution in [-0.2, 0) is 6.54 Å². The van der Waals surface area contributed by atoms with Gasteiger partial charge in [-0.05, 0) is 24.0 Å². The summed E-state index contributed by atoms with van der Waals surface area (Å²) in [6, 6.07) is 19.7. The van der Waals surface area contributed by atoms with Crippen LogP contribution in [0.3, 0.4) is 0 Å². The molecule has 1 nitrogen and oxygen atoms in total. The second-order valence-electron chi connectivity index (χ2n) is 5.14. The van der Waals surface area contributed by atoms with Gasteiger partial charge in [-0.1, -0.05) is 48.5 Å². The molecule has 1 aromatic heterocycles. The van der Waals surface area contributed by atoms with E-state index < -0.39 is 6.85 Å². The fraction of sp³-hybridized carbons (Fsp3) is 0.105. The summed E-state index contributed by atoms with van der Waals surface area (Å²) in [5.41, 5.74) is 5.46. The number of pyridine rings is 1. The van der Waals surface area contributed by atoms with Gasteiger partial charge in [0, 0.05) is 21.3 Å². The molecule has 0 saturated heterocycles. The summed E-state index contributed by atoms with van der Waals surface area (Å²) in [5, 5.41) is 0. The molecule has 0 aliphatic carbocycles. The molecule has 0 radical (unpaired) electrons. The molecule has 1 aliphatic rings. The Morgan fingerprint density at radius 2 is 1.75 bits per heavy atom. The first-order chi connectivity index (χ1) is 11.0. The van der Waals surface area contributed by atoms with Crippen LogP contribution in [0.1, 0.15) is 15.2 Å². The van der Waals surface area contributed by atoms with Gasteiger partial charge in [0.2, 0.25) is 5.69 Å². The molecule has 0 unspecified atom stereocenters. The Hall–Kier alpha value is -2.41. The molecule has 2 heterocycles. The van der Waals surface area contributed by atoms with E-state index in [0.29, 0.717) is 5.56 Å². The van der Waals surface area contributed by atoms with Gasteiger partial charge in [0.15, 0.2) is 12.7 Å². The highest BCUT2D eigenvalue weighted by Crippen LogP contribution is 2.30. The molecule has 2 aromatic carbocycles. The molecule has 0 fully saturated rings. The van der Waals surface area contributed by atoms with E-state index in [2.05, 4.69) is 16.7 Å². The lowest BCUT2D eigenvalue weighted by Crippen LogP contribution is -2.32. The monoisotopic (exact) mass is 261 g/mol. The number of rotatable bonds is 1. The van der Waals surface area contributed by atoms with Crippen LogP contribution in [0.4, 0.5) is 0 Å². The topological polar surface area (TPSA) is 3.88 Å². The van der Waals surface area contributed by atoms with Crippen molar-refractivity contribution in [1.29, 1.82) is 0 Å². The van der Waals surface area contributed by atoms with Gasteiger partial charge in [-0.15, -0.1) is 0 Å². The van der Waals surface area contributed by atoms with Crippen molar-refractivity contribution < 1.29 is 8.68 Å². The highest BCUT2D eigenvalue weighted by molar-refractivity contribution is 5.70. The van der Waals surface area contributed by atoms with Crippen molar-refractivity contribution in [2.24, 2.45) is 0 Å².